The Morgan fingerprint density at radius 1 is 1.24 bits per heavy atom. The highest BCUT2D eigenvalue weighted by Crippen LogP contribution is 2.34. The number of nitro groups is 1. The van der Waals surface area contributed by atoms with Crippen LogP contribution in [0.25, 0.3) is 0 Å². The average molecular weight is 397 g/mol. The minimum Gasteiger partial charge on any atom is -0.330 e. The van der Waals surface area contributed by atoms with Crippen LogP contribution in [0.15, 0.2) is 48.8 Å². The maximum absolute atomic E-state index is 12.2. The summed E-state index contributed by atoms with van der Waals surface area (Å²) >= 11 is 0. The number of rotatable bonds is 8. The molecular weight excluding hydrogens is 370 g/mol. The number of piperidine rings is 1. The van der Waals surface area contributed by atoms with Crippen LogP contribution in [0.4, 0.5) is 5.69 Å². The molecule has 1 aliphatic rings. The minimum atomic E-state index is -1.22. The van der Waals surface area contributed by atoms with Crippen molar-refractivity contribution in [1.29, 1.82) is 0 Å². The summed E-state index contributed by atoms with van der Waals surface area (Å²) < 4.78 is 0. The first-order valence-electron chi connectivity index (χ1n) is 9.92. The average Bonchev–Trinajstić information content (AvgIpc) is 2.74. The highest BCUT2D eigenvalue weighted by Gasteiger charge is 2.40. The number of hydrogen-bond donors (Lipinski definition) is 3. The number of benzene rings is 1. The van der Waals surface area contributed by atoms with Crippen LogP contribution in [0, 0.1) is 16.0 Å². The molecule has 154 valence electrons. The lowest BCUT2D eigenvalue weighted by Crippen LogP contribution is -2.57. The van der Waals surface area contributed by atoms with Gasteiger partial charge >= 0.3 is 0 Å². The molecule has 2 aromatic rings. The molecule has 8 heteroatoms. The molecule has 0 aliphatic carbocycles. The Balaban J connectivity index is 2.01. The zero-order chi connectivity index (χ0) is 20.7. The first-order valence-corrected chi connectivity index (χ1v) is 9.92. The van der Waals surface area contributed by atoms with Gasteiger partial charge in [0.2, 0.25) is 5.91 Å². The van der Waals surface area contributed by atoms with Crippen molar-refractivity contribution in [3.8, 4) is 0 Å². The van der Waals surface area contributed by atoms with E-state index in [1.165, 1.54) is 13.0 Å². The molecule has 0 radical (unpaired) electrons. The molecule has 1 saturated heterocycles. The summed E-state index contributed by atoms with van der Waals surface area (Å²) in [4.78, 5) is 27.6. The summed E-state index contributed by atoms with van der Waals surface area (Å²) in [5.41, 5.74) is -0.169. The normalized spacial score (nSPS) is 16.7. The predicted molar refractivity (Wildman–Crippen MR) is 110 cm³/mol. The van der Waals surface area contributed by atoms with Gasteiger partial charge in [-0.05, 0) is 63.0 Å². The Hall–Kier alpha value is -2.84. The maximum atomic E-state index is 12.2. The molecule has 1 atom stereocenters. The van der Waals surface area contributed by atoms with Crippen molar-refractivity contribution in [3.63, 3.8) is 0 Å². The van der Waals surface area contributed by atoms with E-state index >= 15 is 0 Å². The van der Waals surface area contributed by atoms with Crippen LogP contribution in [0.2, 0.25) is 0 Å². The van der Waals surface area contributed by atoms with Crippen molar-refractivity contribution < 1.29 is 9.72 Å². The first-order chi connectivity index (χ1) is 14.0. The van der Waals surface area contributed by atoms with Gasteiger partial charge in [0, 0.05) is 30.9 Å². The van der Waals surface area contributed by atoms with Crippen molar-refractivity contribution in [3.05, 3.63) is 70.0 Å². The van der Waals surface area contributed by atoms with Crippen LogP contribution in [0.5, 0.6) is 0 Å². The topological polar surface area (TPSA) is 109 Å². The number of pyridine rings is 1. The Bertz CT molecular complexity index is 839. The summed E-state index contributed by atoms with van der Waals surface area (Å²) in [5, 5.41) is 21.5. The van der Waals surface area contributed by atoms with Crippen molar-refractivity contribution in [2.75, 3.05) is 19.6 Å². The SMILES string of the molecule is CC(=O)NC(NCCC1CCNCC1)(c1ccncc1)c1ccccc1[N+](=O)[O-]. The first kappa shape index (κ1) is 20.9. The molecule has 3 N–H and O–H groups in total. The molecule has 1 fully saturated rings. The fourth-order valence-electron chi connectivity index (χ4n) is 3.99. The minimum absolute atomic E-state index is 0.0487. The molecule has 2 heterocycles. The number of nitro benzene ring substituents is 1. The Morgan fingerprint density at radius 3 is 2.59 bits per heavy atom. The van der Waals surface area contributed by atoms with E-state index in [4.69, 9.17) is 0 Å². The summed E-state index contributed by atoms with van der Waals surface area (Å²) in [7, 11) is 0. The summed E-state index contributed by atoms with van der Waals surface area (Å²) in [6.07, 6.45) is 6.38. The van der Waals surface area contributed by atoms with Crippen LogP contribution in [0.1, 0.15) is 37.3 Å². The number of hydrogen-bond acceptors (Lipinski definition) is 6. The molecule has 1 aliphatic heterocycles. The number of nitrogens with zero attached hydrogens (tertiary/aromatic N) is 2. The van der Waals surface area contributed by atoms with Gasteiger partial charge in [-0.2, -0.15) is 0 Å². The van der Waals surface area contributed by atoms with Crippen LogP contribution in [-0.4, -0.2) is 35.4 Å². The van der Waals surface area contributed by atoms with Gasteiger partial charge in [0.15, 0.2) is 0 Å². The summed E-state index contributed by atoms with van der Waals surface area (Å²) in [5.74, 6) is 0.302. The third kappa shape index (κ3) is 4.96. The summed E-state index contributed by atoms with van der Waals surface area (Å²) in [6, 6.07) is 10.1. The van der Waals surface area contributed by atoms with Gasteiger partial charge in [-0.1, -0.05) is 12.1 Å². The van der Waals surface area contributed by atoms with Gasteiger partial charge in [-0.3, -0.25) is 25.2 Å². The number of para-hydroxylation sites is 1. The molecule has 8 nitrogen and oxygen atoms in total. The number of carbonyl (C=O) groups excluding carboxylic acids is 1. The highest BCUT2D eigenvalue weighted by atomic mass is 16.6. The van der Waals surface area contributed by atoms with Crippen molar-refractivity contribution >= 4 is 11.6 Å². The Kier molecular flexibility index (Phi) is 6.90. The monoisotopic (exact) mass is 397 g/mol. The standard InChI is InChI=1S/C21H27N5O3/c1-16(27)25-21(18-9-13-23-14-10-18,19-4-2-3-5-20(19)26(28)29)24-15-8-17-6-11-22-12-7-17/h2-5,9-10,13-14,17,22,24H,6-8,11-12,15H2,1H3,(H,25,27). The van der Waals surface area contributed by atoms with Gasteiger partial charge in [0.1, 0.15) is 5.66 Å². The van der Waals surface area contributed by atoms with Crippen molar-refractivity contribution in [2.45, 2.75) is 31.8 Å². The van der Waals surface area contributed by atoms with Gasteiger partial charge in [0.25, 0.3) is 5.69 Å². The highest BCUT2D eigenvalue weighted by molar-refractivity contribution is 5.75. The van der Waals surface area contributed by atoms with Gasteiger partial charge in [-0.25, -0.2) is 0 Å². The van der Waals surface area contributed by atoms with Crippen molar-refractivity contribution in [2.24, 2.45) is 5.92 Å². The molecule has 0 spiro atoms. The molecule has 1 unspecified atom stereocenters. The molecule has 29 heavy (non-hydrogen) atoms. The predicted octanol–water partition coefficient (Wildman–Crippen LogP) is 2.31. The number of amides is 1. The molecule has 1 amide bonds. The van der Waals surface area contributed by atoms with E-state index in [0.29, 0.717) is 23.6 Å². The van der Waals surface area contributed by atoms with E-state index in [1.807, 2.05) is 0 Å². The van der Waals surface area contributed by atoms with E-state index in [9.17, 15) is 14.9 Å². The Labute approximate surface area is 170 Å². The van der Waals surface area contributed by atoms with Gasteiger partial charge < -0.3 is 10.6 Å². The van der Waals surface area contributed by atoms with E-state index < -0.39 is 10.6 Å². The molecule has 0 saturated carbocycles. The van der Waals surface area contributed by atoms with E-state index in [-0.39, 0.29) is 11.6 Å². The number of aromatic nitrogens is 1. The smallest absolute Gasteiger partial charge is 0.276 e. The fourth-order valence-corrected chi connectivity index (χ4v) is 3.99. The van der Waals surface area contributed by atoms with Crippen LogP contribution < -0.4 is 16.0 Å². The van der Waals surface area contributed by atoms with E-state index in [1.54, 1.807) is 42.7 Å². The zero-order valence-corrected chi connectivity index (χ0v) is 16.6. The largest absolute Gasteiger partial charge is 0.330 e. The molecule has 3 rings (SSSR count). The van der Waals surface area contributed by atoms with Gasteiger partial charge in [-0.15, -0.1) is 0 Å². The fraction of sp³-hybridized carbons (Fsp3) is 0.429. The number of nitrogens with one attached hydrogen (secondary N) is 3. The lowest BCUT2D eigenvalue weighted by molar-refractivity contribution is -0.386. The molecule has 1 aromatic carbocycles. The lowest BCUT2D eigenvalue weighted by Gasteiger charge is -2.37. The second-order valence-corrected chi connectivity index (χ2v) is 7.35. The molecule has 1 aromatic heterocycles. The quantitative estimate of drug-likeness (QED) is 0.358. The van der Waals surface area contributed by atoms with Crippen LogP contribution in [0.3, 0.4) is 0 Å². The summed E-state index contributed by atoms with van der Waals surface area (Å²) in [6.45, 7) is 4.05. The molecule has 0 bridgehead atoms. The Morgan fingerprint density at radius 2 is 1.93 bits per heavy atom. The van der Waals surface area contributed by atoms with Gasteiger partial charge in [0.05, 0.1) is 10.5 Å². The molecular formula is C21H27N5O3. The number of carbonyl (C=O) groups is 1. The zero-order valence-electron chi connectivity index (χ0n) is 16.6. The maximum Gasteiger partial charge on any atom is 0.276 e. The van der Waals surface area contributed by atoms with Crippen molar-refractivity contribution in [1.82, 2.24) is 20.9 Å². The second kappa shape index (κ2) is 9.58. The van der Waals surface area contributed by atoms with E-state index in [2.05, 4.69) is 20.9 Å². The third-order valence-electron chi connectivity index (χ3n) is 5.38. The van der Waals surface area contributed by atoms with E-state index in [0.717, 1.165) is 32.4 Å². The van der Waals surface area contributed by atoms with Crippen LogP contribution >= 0.6 is 0 Å². The third-order valence-corrected chi connectivity index (χ3v) is 5.38. The van der Waals surface area contributed by atoms with Crippen LogP contribution in [-0.2, 0) is 10.5 Å². The lowest BCUT2D eigenvalue weighted by atomic mass is 9.88. The second-order valence-electron chi connectivity index (χ2n) is 7.35.